The summed E-state index contributed by atoms with van der Waals surface area (Å²) < 4.78 is 5.36. The van der Waals surface area contributed by atoms with Gasteiger partial charge in [0.25, 0.3) is 0 Å². The van der Waals surface area contributed by atoms with Crippen molar-refractivity contribution in [3.8, 4) is 0 Å². The number of H-pyrrole nitrogens is 1. The number of aliphatic imine (C=N–C) groups is 1. The summed E-state index contributed by atoms with van der Waals surface area (Å²) >= 11 is 0. The number of nitrogens with one attached hydrogen (secondary N) is 3. The van der Waals surface area contributed by atoms with Gasteiger partial charge in [0.15, 0.2) is 5.96 Å². The van der Waals surface area contributed by atoms with E-state index in [1.807, 2.05) is 6.92 Å². The Morgan fingerprint density at radius 3 is 2.81 bits per heavy atom. The Labute approximate surface area is 174 Å². The van der Waals surface area contributed by atoms with Crippen LogP contribution in [0.3, 0.4) is 0 Å². The number of nitrogens with zero attached hydrogens (tertiary/aromatic N) is 1. The predicted molar refractivity (Wildman–Crippen MR) is 122 cm³/mol. The average molecular weight is 472 g/mol. The Morgan fingerprint density at radius 2 is 2.04 bits per heavy atom. The maximum atomic E-state index is 5.36. The molecule has 0 spiro atoms. The van der Waals surface area contributed by atoms with E-state index < -0.39 is 0 Å². The van der Waals surface area contributed by atoms with Crippen molar-refractivity contribution < 1.29 is 4.74 Å². The first-order valence-corrected chi connectivity index (χ1v) is 9.41. The van der Waals surface area contributed by atoms with Gasteiger partial charge >= 0.3 is 0 Å². The van der Waals surface area contributed by atoms with E-state index in [1.54, 1.807) is 0 Å². The fourth-order valence-electron chi connectivity index (χ4n) is 2.88. The van der Waals surface area contributed by atoms with Gasteiger partial charge in [-0.15, -0.1) is 24.0 Å². The molecule has 1 aromatic carbocycles. The zero-order valence-electron chi connectivity index (χ0n) is 16.2. The van der Waals surface area contributed by atoms with E-state index in [0.29, 0.717) is 0 Å². The highest BCUT2D eigenvalue weighted by atomic mass is 127. The molecule has 3 N–H and O–H groups in total. The molecule has 146 valence electrons. The fraction of sp³-hybridized carbons (Fsp3) is 0.550. The molecule has 0 saturated carbocycles. The van der Waals surface area contributed by atoms with Crippen molar-refractivity contribution >= 4 is 40.8 Å². The van der Waals surface area contributed by atoms with E-state index in [1.165, 1.54) is 22.0 Å². The summed E-state index contributed by atoms with van der Waals surface area (Å²) in [5, 5.41) is 8.06. The van der Waals surface area contributed by atoms with Crippen LogP contribution in [0.1, 0.15) is 37.8 Å². The third-order valence-electron chi connectivity index (χ3n) is 4.21. The zero-order chi connectivity index (χ0) is 17.9. The second-order valence-electron chi connectivity index (χ2n) is 6.15. The van der Waals surface area contributed by atoms with Gasteiger partial charge in [-0.3, -0.25) is 4.99 Å². The maximum Gasteiger partial charge on any atom is 0.191 e. The first kappa shape index (κ1) is 22.8. The van der Waals surface area contributed by atoms with Crippen LogP contribution in [-0.2, 0) is 11.2 Å². The summed E-state index contributed by atoms with van der Waals surface area (Å²) in [6.45, 7) is 10.5. The average Bonchev–Trinajstić information content (AvgIpc) is 3.02. The smallest absolute Gasteiger partial charge is 0.191 e. The van der Waals surface area contributed by atoms with Crippen molar-refractivity contribution in [1.29, 1.82) is 0 Å². The second kappa shape index (κ2) is 13.0. The van der Waals surface area contributed by atoms with Gasteiger partial charge in [0.05, 0.1) is 0 Å². The number of halogens is 1. The van der Waals surface area contributed by atoms with Crippen LogP contribution >= 0.6 is 24.0 Å². The molecule has 0 saturated heterocycles. The van der Waals surface area contributed by atoms with Crippen LogP contribution in [0, 0.1) is 6.92 Å². The summed E-state index contributed by atoms with van der Waals surface area (Å²) in [5.74, 6) is 0.898. The van der Waals surface area contributed by atoms with E-state index in [0.717, 1.165) is 58.1 Å². The lowest BCUT2D eigenvalue weighted by Gasteiger charge is -2.11. The summed E-state index contributed by atoms with van der Waals surface area (Å²) in [5.41, 5.74) is 3.88. The summed E-state index contributed by atoms with van der Waals surface area (Å²) in [6.07, 6.45) is 5.21. The van der Waals surface area contributed by atoms with Gasteiger partial charge in [0, 0.05) is 49.9 Å². The number of aromatic nitrogens is 1. The molecule has 0 bridgehead atoms. The molecule has 5 nitrogen and oxygen atoms in total. The summed E-state index contributed by atoms with van der Waals surface area (Å²) in [6, 6.07) is 6.45. The van der Waals surface area contributed by atoms with E-state index in [2.05, 4.69) is 58.9 Å². The number of hydrogen-bond acceptors (Lipinski definition) is 2. The van der Waals surface area contributed by atoms with E-state index >= 15 is 0 Å². The van der Waals surface area contributed by atoms with Crippen molar-refractivity contribution in [3.05, 3.63) is 35.5 Å². The Bertz CT molecular complexity index is 669. The second-order valence-corrected chi connectivity index (χ2v) is 6.15. The van der Waals surface area contributed by atoms with Gasteiger partial charge in [0.2, 0.25) is 0 Å². The molecule has 0 atom stereocenters. The number of fused-ring (bicyclic) bond motifs is 1. The molecule has 1 aromatic heterocycles. The van der Waals surface area contributed by atoms with Crippen LogP contribution in [0.25, 0.3) is 10.9 Å². The van der Waals surface area contributed by atoms with Crippen LogP contribution in [0.5, 0.6) is 0 Å². The monoisotopic (exact) mass is 472 g/mol. The molecule has 2 rings (SSSR count). The van der Waals surface area contributed by atoms with Crippen LogP contribution in [0.2, 0.25) is 0 Å². The number of unbranched alkanes of at least 4 members (excludes halogenated alkanes) is 1. The van der Waals surface area contributed by atoms with Crippen LogP contribution in [-0.4, -0.2) is 43.8 Å². The summed E-state index contributed by atoms with van der Waals surface area (Å²) in [4.78, 5) is 8.03. The standard InChI is InChI=1S/C20H32N4O.HI/c1-4-21-20(22-12-6-7-14-25-5-2)23-13-11-17-15-24-19-16(3)9-8-10-18(17)19;/h8-10,15,24H,4-7,11-14H2,1-3H3,(H2,21,22,23);1H. The van der Waals surface area contributed by atoms with E-state index in [-0.39, 0.29) is 24.0 Å². The molecular weight excluding hydrogens is 439 g/mol. The van der Waals surface area contributed by atoms with Crippen LogP contribution < -0.4 is 10.6 Å². The number of hydrogen-bond donors (Lipinski definition) is 3. The normalized spacial score (nSPS) is 11.4. The minimum Gasteiger partial charge on any atom is -0.382 e. The van der Waals surface area contributed by atoms with Crippen molar-refractivity contribution in [2.75, 3.05) is 32.8 Å². The molecule has 0 radical (unpaired) electrons. The minimum absolute atomic E-state index is 0. The lowest BCUT2D eigenvalue weighted by atomic mass is 10.1. The predicted octanol–water partition coefficient (Wildman–Crippen LogP) is 4.01. The summed E-state index contributed by atoms with van der Waals surface area (Å²) in [7, 11) is 0. The van der Waals surface area contributed by atoms with Crippen molar-refractivity contribution in [3.63, 3.8) is 0 Å². The minimum atomic E-state index is 0. The van der Waals surface area contributed by atoms with Gasteiger partial charge < -0.3 is 20.4 Å². The Hall–Kier alpha value is -1.28. The molecule has 0 aliphatic carbocycles. The largest absolute Gasteiger partial charge is 0.382 e. The Morgan fingerprint density at radius 1 is 1.19 bits per heavy atom. The lowest BCUT2D eigenvalue weighted by molar-refractivity contribution is 0.144. The number of benzene rings is 1. The molecule has 6 heteroatoms. The number of aromatic amines is 1. The Kier molecular flexibility index (Phi) is 11.4. The number of rotatable bonds is 10. The van der Waals surface area contributed by atoms with Crippen molar-refractivity contribution in [2.24, 2.45) is 4.99 Å². The van der Waals surface area contributed by atoms with Gasteiger partial charge in [-0.2, -0.15) is 0 Å². The zero-order valence-corrected chi connectivity index (χ0v) is 18.6. The third-order valence-corrected chi connectivity index (χ3v) is 4.21. The van der Waals surface area contributed by atoms with Gasteiger partial charge in [-0.05, 0) is 51.2 Å². The van der Waals surface area contributed by atoms with Crippen molar-refractivity contribution in [1.82, 2.24) is 15.6 Å². The fourth-order valence-corrected chi connectivity index (χ4v) is 2.88. The molecule has 0 fully saturated rings. The molecular formula is C20H33IN4O. The molecule has 0 aliphatic heterocycles. The Balaban J connectivity index is 0.00000338. The highest BCUT2D eigenvalue weighted by Crippen LogP contribution is 2.21. The first-order chi connectivity index (χ1) is 12.3. The van der Waals surface area contributed by atoms with Crippen molar-refractivity contribution in [2.45, 2.75) is 40.0 Å². The lowest BCUT2D eigenvalue weighted by Crippen LogP contribution is -2.38. The van der Waals surface area contributed by atoms with E-state index in [9.17, 15) is 0 Å². The number of ether oxygens (including phenoxy) is 1. The van der Waals surface area contributed by atoms with Gasteiger partial charge in [-0.25, -0.2) is 0 Å². The molecule has 0 unspecified atom stereocenters. The molecule has 1 heterocycles. The number of guanidine groups is 1. The number of aryl methyl sites for hydroxylation is 1. The molecule has 0 aliphatic rings. The first-order valence-electron chi connectivity index (χ1n) is 9.41. The van der Waals surface area contributed by atoms with E-state index in [4.69, 9.17) is 4.74 Å². The van der Waals surface area contributed by atoms with Crippen LogP contribution in [0.4, 0.5) is 0 Å². The van der Waals surface area contributed by atoms with Gasteiger partial charge in [-0.1, -0.05) is 18.2 Å². The maximum absolute atomic E-state index is 5.36. The quantitative estimate of drug-likeness (QED) is 0.212. The molecule has 2 aromatic rings. The highest BCUT2D eigenvalue weighted by molar-refractivity contribution is 14.0. The number of para-hydroxylation sites is 1. The molecule has 26 heavy (non-hydrogen) atoms. The topological polar surface area (TPSA) is 61.4 Å². The van der Waals surface area contributed by atoms with Gasteiger partial charge in [0.1, 0.15) is 0 Å². The SMILES string of the molecule is CCNC(=NCCCCOCC)NCCc1c[nH]c2c(C)cccc12.I. The third kappa shape index (κ3) is 7.15. The van der Waals surface area contributed by atoms with Crippen LogP contribution in [0.15, 0.2) is 29.4 Å². The molecule has 0 amide bonds. The highest BCUT2D eigenvalue weighted by Gasteiger charge is 2.05.